The third kappa shape index (κ3) is 5.22. The van der Waals surface area contributed by atoms with Crippen molar-refractivity contribution >= 4 is 5.97 Å². The van der Waals surface area contributed by atoms with Crippen LogP contribution in [0.15, 0.2) is 0 Å². The van der Waals surface area contributed by atoms with E-state index in [-0.39, 0.29) is 19.1 Å². The van der Waals surface area contributed by atoms with Crippen LogP contribution in [0.1, 0.15) is 26.2 Å². The van der Waals surface area contributed by atoms with E-state index < -0.39 is 24.1 Å². The topological polar surface area (TPSA) is 52.6 Å². The molecule has 1 aliphatic carbocycles. The largest absolute Gasteiger partial charge is 0.480 e. The standard InChI is InChI=1S/C11H19F3N2O2/c1-10(9(17)18,15-8-3-4-8)7-16(2)6-5-11(12,13)14/h8,15H,3-7H2,1-2H3,(H,17,18). The van der Waals surface area contributed by atoms with Gasteiger partial charge in [0, 0.05) is 19.1 Å². The first-order valence-corrected chi connectivity index (χ1v) is 5.89. The molecular formula is C11H19F3N2O2. The van der Waals surface area contributed by atoms with Crippen LogP contribution in [-0.2, 0) is 4.79 Å². The Hall–Kier alpha value is -0.820. The third-order valence-corrected chi connectivity index (χ3v) is 2.94. The normalized spacial score (nSPS) is 19.9. The van der Waals surface area contributed by atoms with Crippen molar-refractivity contribution in [2.24, 2.45) is 0 Å². The molecule has 1 atom stereocenters. The van der Waals surface area contributed by atoms with Crippen molar-refractivity contribution in [1.29, 1.82) is 0 Å². The van der Waals surface area contributed by atoms with E-state index in [2.05, 4.69) is 5.32 Å². The van der Waals surface area contributed by atoms with E-state index in [1.165, 1.54) is 18.9 Å². The quantitative estimate of drug-likeness (QED) is 0.734. The van der Waals surface area contributed by atoms with Gasteiger partial charge in [-0.2, -0.15) is 13.2 Å². The van der Waals surface area contributed by atoms with Crippen LogP contribution in [-0.4, -0.2) is 53.9 Å². The molecule has 18 heavy (non-hydrogen) atoms. The lowest BCUT2D eigenvalue weighted by molar-refractivity contribution is -0.146. The van der Waals surface area contributed by atoms with Gasteiger partial charge in [0.1, 0.15) is 5.54 Å². The van der Waals surface area contributed by atoms with Crippen LogP contribution >= 0.6 is 0 Å². The fourth-order valence-corrected chi connectivity index (χ4v) is 1.79. The molecule has 106 valence electrons. The Morgan fingerprint density at radius 2 is 2.00 bits per heavy atom. The molecule has 0 amide bonds. The number of hydrogen-bond donors (Lipinski definition) is 2. The molecule has 4 nitrogen and oxygen atoms in total. The van der Waals surface area contributed by atoms with Gasteiger partial charge in [0.15, 0.2) is 0 Å². The summed E-state index contributed by atoms with van der Waals surface area (Å²) in [5.41, 5.74) is -1.19. The second-order valence-electron chi connectivity index (χ2n) is 5.16. The maximum absolute atomic E-state index is 12.1. The fourth-order valence-electron chi connectivity index (χ4n) is 1.79. The maximum Gasteiger partial charge on any atom is 0.390 e. The summed E-state index contributed by atoms with van der Waals surface area (Å²) in [4.78, 5) is 12.6. The molecule has 2 N–H and O–H groups in total. The molecule has 0 radical (unpaired) electrons. The molecular weight excluding hydrogens is 249 g/mol. The maximum atomic E-state index is 12.1. The van der Waals surface area contributed by atoms with Crippen molar-refractivity contribution in [3.8, 4) is 0 Å². The van der Waals surface area contributed by atoms with E-state index in [1.54, 1.807) is 0 Å². The predicted octanol–water partition coefficient (Wildman–Crippen LogP) is 1.47. The molecule has 1 fully saturated rings. The van der Waals surface area contributed by atoms with E-state index in [0.717, 1.165) is 12.8 Å². The summed E-state index contributed by atoms with van der Waals surface area (Å²) in [5.74, 6) is -1.03. The number of hydrogen-bond acceptors (Lipinski definition) is 3. The molecule has 1 rings (SSSR count). The molecule has 1 saturated carbocycles. The van der Waals surface area contributed by atoms with Gasteiger partial charge in [-0.25, -0.2) is 0 Å². The third-order valence-electron chi connectivity index (χ3n) is 2.94. The first kappa shape index (κ1) is 15.2. The van der Waals surface area contributed by atoms with Gasteiger partial charge in [0.05, 0.1) is 6.42 Å². The number of nitrogens with one attached hydrogen (secondary N) is 1. The van der Waals surface area contributed by atoms with E-state index in [9.17, 15) is 23.1 Å². The second-order valence-corrected chi connectivity index (χ2v) is 5.16. The molecule has 0 aliphatic heterocycles. The number of carbonyl (C=O) groups is 1. The summed E-state index contributed by atoms with van der Waals surface area (Å²) in [6.45, 7) is 1.37. The highest BCUT2D eigenvalue weighted by molar-refractivity contribution is 5.78. The molecule has 0 heterocycles. The Labute approximate surface area is 104 Å². The van der Waals surface area contributed by atoms with Gasteiger partial charge in [-0.1, -0.05) is 0 Å². The molecule has 0 bridgehead atoms. The predicted molar refractivity (Wildman–Crippen MR) is 60.4 cm³/mol. The van der Waals surface area contributed by atoms with Gasteiger partial charge in [-0.15, -0.1) is 0 Å². The Kier molecular flexibility index (Phi) is 4.61. The zero-order valence-corrected chi connectivity index (χ0v) is 10.5. The van der Waals surface area contributed by atoms with Gasteiger partial charge >= 0.3 is 12.1 Å². The van der Waals surface area contributed by atoms with Crippen molar-refractivity contribution in [3.63, 3.8) is 0 Å². The van der Waals surface area contributed by atoms with Crippen LogP contribution in [0.2, 0.25) is 0 Å². The number of carboxylic acids is 1. The van der Waals surface area contributed by atoms with Crippen LogP contribution in [0.25, 0.3) is 0 Å². The Bertz CT molecular complexity index is 305. The van der Waals surface area contributed by atoms with Crippen LogP contribution < -0.4 is 5.32 Å². The average molecular weight is 268 g/mol. The van der Waals surface area contributed by atoms with Gasteiger partial charge in [0.25, 0.3) is 0 Å². The zero-order chi connectivity index (χ0) is 14.0. The number of likely N-dealkylation sites (N-methyl/N-ethyl adjacent to an activating group) is 1. The van der Waals surface area contributed by atoms with Crippen LogP contribution in [0.3, 0.4) is 0 Å². The smallest absolute Gasteiger partial charge is 0.390 e. The highest BCUT2D eigenvalue weighted by atomic mass is 19.4. The van der Waals surface area contributed by atoms with Crippen LogP contribution in [0.5, 0.6) is 0 Å². The molecule has 7 heteroatoms. The van der Waals surface area contributed by atoms with Gasteiger partial charge in [-0.05, 0) is 26.8 Å². The summed E-state index contributed by atoms with van der Waals surface area (Å²) in [6, 6.07) is 0.183. The molecule has 0 saturated heterocycles. The van der Waals surface area contributed by atoms with Crippen molar-refractivity contribution in [1.82, 2.24) is 10.2 Å². The van der Waals surface area contributed by atoms with Crippen molar-refractivity contribution in [3.05, 3.63) is 0 Å². The lowest BCUT2D eigenvalue weighted by atomic mass is 10.0. The summed E-state index contributed by atoms with van der Waals surface area (Å²) in [5, 5.41) is 12.1. The summed E-state index contributed by atoms with van der Waals surface area (Å²) < 4.78 is 36.2. The van der Waals surface area contributed by atoms with Gasteiger partial charge in [-0.3, -0.25) is 10.1 Å². The monoisotopic (exact) mass is 268 g/mol. The number of carboxylic acid groups (broad SMARTS) is 1. The number of nitrogens with zero attached hydrogens (tertiary/aromatic N) is 1. The molecule has 0 spiro atoms. The van der Waals surface area contributed by atoms with E-state index in [0.29, 0.717) is 0 Å². The van der Waals surface area contributed by atoms with E-state index in [1.807, 2.05) is 0 Å². The molecule has 1 aliphatic rings. The number of rotatable bonds is 7. The first-order valence-electron chi connectivity index (χ1n) is 5.89. The zero-order valence-electron chi connectivity index (χ0n) is 10.5. The minimum Gasteiger partial charge on any atom is -0.480 e. The van der Waals surface area contributed by atoms with E-state index >= 15 is 0 Å². The summed E-state index contributed by atoms with van der Waals surface area (Å²) in [7, 11) is 1.50. The van der Waals surface area contributed by atoms with Crippen LogP contribution in [0, 0.1) is 0 Å². The first-order chi connectivity index (χ1) is 8.12. The van der Waals surface area contributed by atoms with Gasteiger partial charge < -0.3 is 10.0 Å². The Morgan fingerprint density at radius 1 is 1.44 bits per heavy atom. The number of alkyl halides is 3. The fraction of sp³-hybridized carbons (Fsp3) is 0.909. The lowest BCUT2D eigenvalue weighted by Crippen LogP contribution is -2.57. The van der Waals surface area contributed by atoms with Crippen molar-refractivity contribution < 1.29 is 23.1 Å². The van der Waals surface area contributed by atoms with E-state index in [4.69, 9.17) is 0 Å². The SMILES string of the molecule is CN(CCC(F)(F)F)CC(C)(NC1CC1)C(=O)O. The molecule has 0 aromatic carbocycles. The lowest BCUT2D eigenvalue weighted by Gasteiger charge is -2.31. The molecule has 0 aromatic heterocycles. The minimum absolute atomic E-state index is 0.0505. The highest BCUT2D eigenvalue weighted by Gasteiger charge is 2.39. The van der Waals surface area contributed by atoms with Crippen molar-refractivity contribution in [2.75, 3.05) is 20.1 Å². The molecule has 1 unspecified atom stereocenters. The average Bonchev–Trinajstić information content (AvgIpc) is 2.97. The van der Waals surface area contributed by atoms with Crippen molar-refractivity contribution in [2.45, 2.75) is 43.9 Å². The van der Waals surface area contributed by atoms with Crippen LogP contribution in [0.4, 0.5) is 13.2 Å². The summed E-state index contributed by atoms with van der Waals surface area (Å²) >= 11 is 0. The van der Waals surface area contributed by atoms with Gasteiger partial charge in [0.2, 0.25) is 0 Å². The highest BCUT2D eigenvalue weighted by Crippen LogP contribution is 2.24. The number of aliphatic carboxylic acids is 1. The Balaban J connectivity index is 2.46. The molecule has 0 aromatic rings. The Morgan fingerprint density at radius 3 is 2.39 bits per heavy atom. The minimum atomic E-state index is -4.21. The summed E-state index contributed by atoms with van der Waals surface area (Å²) in [6.07, 6.45) is -3.29. The second kappa shape index (κ2) is 5.44. The number of halogens is 3.